The predicted octanol–water partition coefficient (Wildman–Crippen LogP) is 1.77. The number of rotatable bonds is 9. The third-order valence-electron chi connectivity index (χ3n) is 3.57. The lowest BCUT2D eigenvalue weighted by atomic mass is 10.1. The number of methoxy groups -OCH3 is 1. The van der Waals surface area contributed by atoms with Crippen LogP contribution < -0.4 is 10.0 Å². The zero-order valence-corrected chi connectivity index (χ0v) is 14.8. The van der Waals surface area contributed by atoms with Crippen molar-refractivity contribution < 1.29 is 13.2 Å². The van der Waals surface area contributed by atoms with Crippen molar-refractivity contribution in [1.29, 1.82) is 5.26 Å². The first kappa shape index (κ1) is 19.1. The third kappa shape index (κ3) is 5.96. The second kappa shape index (κ2) is 9.30. The standard InChI is InChI=1S/C18H21N3O3S/c1-24-11-10-21-25(22,23)18-8-6-17(7-9-18)14-20-13-16-4-2-15(12-19)3-5-16/h2-9,20-21H,10-11,13-14H2,1H3. The van der Waals surface area contributed by atoms with Gasteiger partial charge in [-0.3, -0.25) is 0 Å². The molecule has 0 aliphatic carbocycles. The summed E-state index contributed by atoms with van der Waals surface area (Å²) in [6, 6.07) is 16.2. The van der Waals surface area contributed by atoms with Gasteiger partial charge in [0, 0.05) is 26.7 Å². The quantitative estimate of drug-likeness (QED) is 0.666. The lowest BCUT2D eigenvalue weighted by Crippen LogP contribution is -2.27. The minimum atomic E-state index is -3.50. The second-order valence-corrected chi connectivity index (χ2v) is 7.21. The fraction of sp³-hybridized carbons (Fsp3) is 0.278. The van der Waals surface area contributed by atoms with Gasteiger partial charge in [0.1, 0.15) is 0 Å². The zero-order chi connectivity index (χ0) is 18.1. The van der Waals surface area contributed by atoms with Gasteiger partial charge in [0.25, 0.3) is 0 Å². The Hall–Kier alpha value is -2.24. The average Bonchev–Trinajstić information content (AvgIpc) is 2.63. The Kier molecular flexibility index (Phi) is 7.10. The summed E-state index contributed by atoms with van der Waals surface area (Å²) >= 11 is 0. The van der Waals surface area contributed by atoms with E-state index in [1.165, 1.54) is 7.11 Å². The van der Waals surface area contributed by atoms with Crippen LogP contribution in [0.5, 0.6) is 0 Å². The van der Waals surface area contributed by atoms with Gasteiger partial charge in [-0.05, 0) is 35.4 Å². The van der Waals surface area contributed by atoms with Crippen LogP contribution in [-0.4, -0.2) is 28.7 Å². The second-order valence-electron chi connectivity index (χ2n) is 5.45. The summed E-state index contributed by atoms with van der Waals surface area (Å²) < 4.78 is 31.4. The van der Waals surface area contributed by atoms with E-state index in [4.69, 9.17) is 10.00 Å². The highest BCUT2D eigenvalue weighted by Gasteiger charge is 2.12. The first-order chi connectivity index (χ1) is 12.0. The molecule has 0 aromatic heterocycles. The summed E-state index contributed by atoms with van der Waals surface area (Å²) in [7, 11) is -1.97. The summed E-state index contributed by atoms with van der Waals surface area (Å²) in [5.41, 5.74) is 2.71. The van der Waals surface area contributed by atoms with Crippen molar-refractivity contribution in [1.82, 2.24) is 10.0 Å². The van der Waals surface area contributed by atoms with Gasteiger partial charge < -0.3 is 10.1 Å². The van der Waals surface area contributed by atoms with Crippen LogP contribution in [0.3, 0.4) is 0 Å². The van der Waals surface area contributed by atoms with E-state index in [0.717, 1.165) is 11.1 Å². The Labute approximate surface area is 148 Å². The highest BCUT2D eigenvalue weighted by atomic mass is 32.2. The van der Waals surface area contributed by atoms with Crippen LogP contribution >= 0.6 is 0 Å². The van der Waals surface area contributed by atoms with E-state index in [9.17, 15) is 8.42 Å². The van der Waals surface area contributed by atoms with Gasteiger partial charge >= 0.3 is 0 Å². The third-order valence-corrected chi connectivity index (χ3v) is 5.05. The van der Waals surface area contributed by atoms with E-state index in [1.807, 2.05) is 12.1 Å². The molecule has 25 heavy (non-hydrogen) atoms. The van der Waals surface area contributed by atoms with Crippen molar-refractivity contribution in [3.63, 3.8) is 0 Å². The maximum Gasteiger partial charge on any atom is 0.240 e. The molecule has 0 unspecified atom stereocenters. The normalized spacial score (nSPS) is 11.2. The molecule has 0 bridgehead atoms. The highest BCUT2D eigenvalue weighted by molar-refractivity contribution is 7.89. The molecule has 2 aromatic rings. The number of ether oxygens (including phenoxy) is 1. The van der Waals surface area contributed by atoms with E-state index in [2.05, 4.69) is 16.1 Å². The molecule has 2 N–H and O–H groups in total. The molecular weight excluding hydrogens is 338 g/mol. The number of nitrogens with one attached hydrogen (secondary N) is 2. The molecule has 0 amide bonds. The Bertz CT molecular complexity index is 810. The minimum absolute atomic E-state index is 0.236. The maximum atomic E-state index is 12.1. The molecule has 2 aromatic carbocycles. The van der Waals surface area contributed by atoms with Crippen molar-refractivity contribution >= 4 is 10.0 Å². The molecule has 0 saturated carbocycles. The smallest absolute Gasteiger partial charge is 0.240 e. The number of hydrogen-bond donors (Lipinski definition) is 2. The van der Waals surface area contributed by atoms with Crippen molar-refractivity contribution in [2.45, 2.75) is 18.0 Å². The average molecular weight is 359 g/mol. The molecule has 0 atom stereocenters. The van der Waals surface area contributed by atoms with Crippen LogP contribution in [0.1, 0.15) is 16.7 Å². The first-order valence-corrected chi connectivity index (χ1v) is 9.31. The first-order valence-electron chi connectivity index (χ1n) is 7.82. The van der Waals surface area contributed by atoms with E-state index < -0.39 is 10.0 Å². The number of hydrogen-bond acceptors (Lipinski definition) is 5. The number of nitrogens with zero attached hydrogens (tertiary/aromatic N) is 1. The summed E-state index contributed by atoms with van der Waals surface area (Å²) in [6.45, 7) is 1.87. The summed E-state index contributed by atoms with van der Waals surface area (Å²) in [5, 5.41) is 12.1. The van der Waals surface area contributed by atoms with Gasteiger partial charge in [-0.2, -0.15) is 5.26 Å². The van der Waals surface area contributed by atoms with Gasteiger partial charge in [-0.25, -0.2) is 13.1 Å². The zero-order valence-electron chi connectivity index (χ0n) is 14.0. The Morgan fingerprint density at radius 3 is 2.08 bits per heavy atom. The highest BCUT2D eigenvalue weighted by Crippen LogP contribution is 2.11. The van der Waals surface area contributed by atoms with Crippen LogP contribution in [-0.2, 0) is 27.8 Å². The molecule has 0 fully saturated rings. The Balaban J connectivity index is 1.86. The molecule has 6 nitrogen and oxygen atoms in total. The lowest BCUT2D eigenvalue weighted by Gasteiger charge is -2.08. The number of benzene rings is 2. The lowest BCUT2D eigenvalue weighted by molar-refractivity contribution is 0.204. The van der Waals surface area contributed by atoms with E-state index >= 15 is 0 Å². The largest absolute Gasteiger partial charge is 0.383 e. The molecule has 0 aliphatic rings. The van der Waals surface area contributed by atoms with Crippen LogP contribution in [0.2, 0.25) is 0 Å². The molecule has 0 heterocycles. The van der Waals surface area contributed by atoms with Crippen molar-refractivity contribution in [3.05, 3.63) is 65.2 Å². The molecule has 0 aliphatic heterocycles. The predicted molar refractivity (Wildman–Crippen MR) is 95.2 cm³/mol. The molecule has 2 rings (SSSR count). The van der Waals surface area contributed by atoms with Crippen LogP contribution in [0.4, 0.5) is 0 Å². The summed E-state index contributed by atoms with van der Waals surface area (Å²) in [6.07, 6.45) is 0. The van der Waals surface area contributed by atoms with Gasteiger partial charge in [0.15, 0.2) is 0 Å². The van der Waals surface area contributed by atoms with Gasteiger partial charge in [-0.15, -0.1) is 0 Å². The molecule has 0 saturated heterocycles. The van der Waals surface area contributed by atoms with Gasteiger partial charge in [0.05, 0.1) is 23.1 Å². The van der Waals surface area contributed by atoms with Crippen LogP contribution in [0, 0.1) is 11.3 Å². The Morgan fingerprint density at radius 2 is 1.56 bits per heavy atom. The van der Waals surface area contributed by atoms with Crippen molar-refractivity contribution in [2.75, 3.05) is 20.3 Å². The van der Waals surface area contributed by atoms with Crippen LogP contribution in [0.25, 0.3) is 0 Å². The minimum Gasteiger partial charge on any atom is -0.383 e. The van der Waals surface area contributed by atoms with Crippen molar-refractivity contribution in [3.8, 4) is 6.07 Å². The van der Waals surface area contributed by atoms with Crippen LogP contribution in [0.15, 0.2) is 53.4 Å². The molecule has 0 radical (unpaired) electrons. The molecular formula is C18H21N3O3S. The Morgan fingerprint density at radius 1 is 1.00 bits per heavy atom. The maximum absolute atomic E-state index is 12.1. The fourth-order valence-electron chi connectivity index (χ4n) is 2.20. The van der Waals surface area contributed by atoms with Gasteiger partial charge in [-0.1, -0.05) is 24.3 Å². The fourth-order valence-corrected chi connectivity index (χ4v) is 3.21. The van der Waals surface area contributed by atoms with Gasteiger partial charge in [0.2, 0.25) is 10.0 Å². The SMILES string of the molecule is COCCNS(=O)(=O)c1ccc(CNCc2ccc(C#N)cc2)cc1. The summed E-state index contributed by atoms with van der Waals surface area (Å²) in [5.74, 6) is 0. The molecule has 7 heteroatoms. The number of nitriles is 1. The molecule has 132 valence electrons. The monoisotopic (exact) mass is 359 g/mol. The van der Waals surface area contributed by atoms with E-state index in [0.29, 0.717) is 25.3 Å². The van der Waals surface area contributed by atoms with E-state index in [-0.39, 0.29) is 11.4 Å². The number of sulfonamides is 1. The van der Waals surface area contributed by atoms with Crippen molar-refractivity contribution in [2.24, 2.45) is 0 Å². The van der Waals surface area contributed by atoms with E-state index in [1.54, 1.807) is 36.4 Å². The molecule has 0 spiro atoms. The summed E-state index contributed by atoms with van der Waals surface area (Å²) in [4.78, 5) is 0.236. The topological polar surface area (TPSA) is 91.2 Å².